The molecular formula is C27H30N2O5S. The van der Waals surface area contributed by atoms with Gasteiger partial charge in [-0.3, -0.25) is 9.10 Å². The van der Waals surface area contributed by atoms with Gasteiger partial charge in [0.25, 0.3) is 10.0 Å². The molecule has 3 aromatic rings. The summed E-state index contributed by atoms with van der Waals surface area (Å²) in [5.41, 5.74) is 3.91. The molecule has 0 spiro atoms. The van der Waals surface area contributed by atoms with E-state index in [9.17, 15) is 18.0 Å². The van der Waals surface area contributed by atoms with Crippen LogP contribution in [0.3, 0.4) is 0 Å². The molecule has 0 saturated heterocycles. The predicted molar refractivity (Wildman–Crippen MR) is 136 cm³/mol. The predicted octanol–water partition coefficient (Wildman–Crippen LogP) is 4.03. The Morgan fingerprint density at radius 3 is 2.20 bits per heavy atom. The molecule has 0 heterocycles. The minimum absolute atomic E-state index is 0.0144. The lowest BCUT2D eigenvalue weighted by atomic mass is 10.1. The van der Waals surface area contributed by atoms with E-state index in [-0.39, 0.29) is 29.5 Å². The number of nitrogens with zero attached hydrogens (tertiary/aromatic N) is 1. The molecule has 3 aromatic carbocycles. The molecule has 0 radical (unpaired) electrons. The number of anilines is 1. The van der Waals surface area contributed by atoms with Crippen molar-refractivity contribution in [3.05, 3.63) is 95.1 Å². The fourth-order valence-corrected chi connectivity index (χ4v) is 4.60. The third-order valence-electron chi connectivity index (χ3n) is 5.54. The van der Waals surface area contributed by atoms with Crippen molar-refractivity contribution < 1.29 is 22.7 Å². The zero-order valence-corrected chi connectivity index (χ0v) is 21.0. The number of sulfonamides is 1. The van der Waals surface area contributed by atoms with E-state index in [0.717, 1.165) is 11.1 Å². The zero-order chi connectivity index (χ0) is 25.4. The highest BCUT2D eigenvalue weighted by Gasteiger charge is 2.22. The van der Waals surface area contributed by atoms with E-state index in [1.54, 1.807) is 12.1 Å². The molecule has 0 saturated carbocycles. The Kier molecular flexibility index (Phi) is 8.65. The van der Waals surface area contributed by atoms with E-state index in [1.165, 1.54) is 41.2 Å². The Morgan fingerprint density at radius 2 is 1.54 bits per heavy atom. The van der Waals surface area contributed by atoms with Crippen molar-refractivity contribution >= 4 is 27.6 Å². The van der Waals surface area contributed by atoms with Crippen LogP contribution in [0.4, 0.5) is 5.69 Å². The first-order valence-electron chi connectivity index (χ1n) is 11.3. The third-order valence-corrected chi connectivity index (χ3v) is 7.33. The molecule has 0 atom stereocenters. The van der Waals surface area contributed by atoms with Crippen LogP contribution in [0.25, 0.3) is 0 Å². The summed E-state index contributed by atoms with van der Waals surface area (Å²) < 4.78 is 32.5. The number of nitrogens with one attached hydrogen (secondary N) is 1. The Morgan fingerprint density at radius 1 is 0.914 bits per heavy atom. The van der Waals surface area contributed by atoms with Crippen molar-refractivity contribution in [1.82, 2.24) is 5.32 Å². The van der Waals surface area contributed by atoms with E-state index in [4.69, 9.17) is 4.74 Å². The number of carbonyl (C=O) groups excluding carboxylic acids is 2. The minimum atomic E-state index is -3.86. The molecule has 0 aliphatic rings. The van der Waals surface area contributed by atoms with Gasteiger partial charge in [0, 0.05) is 13.5 Å². The van der Waals surface area contributed by atoms with Gasteiger partial charge in [0.15, 0.2) is 0 Å². The minimum Gasteiger partial charge on any atom is -0.460 e. The first-order chi connectivity index (χ1) is 16.7. The maximum absolute atomic E-state index is 13.0. The van der Waals surface area contributed by atoms with Crippen molar-refractivity contribution in [2.24, 2.45) is 0 Å². The summed E-state index contributed by atoms with van der Waals surface area (Å²) in [6.07, 6.45) is 0.968. The van der Waals surface area contributed by atoms with Crippen LogP contribution in [0.15, 0.2) is 77.7 Å². The Bertz CT molecular complexity index is 1270. The average molecular weight is 495 g/mol. The summed E-state index contributed by atoms with van der Waals surface area (Å²) in [4.78, 5) is 24.5. The van der Waals surface area contributed by atoms with E-state index < -0.39 is 16.0 Å². The van der Waals surface area contributed by atoms with Gasteiger partial charge < -0.3 is 10.1 Å². The number of hydrogen-bond acceptors (Lipinski definition) is 5. The van der Waals surface area contributed by atoms with Crippen LogP contribution in [0, 0.1) is 13.8 Å². The summed E-state index contributed by atoms with van der Waals surface area (Å²) in [6.45, 7) is 4.09. The normalized spacial score (nSPS) is 11.1. The molecule has 35 heavy (non-hydrogen) atoms. The second-order valence-electron chi connectivity index (χ2n) is 8.31. The fraction of sp³-hybridized carbons (Fsp3) is 0.259. The number of carbonyl (C=O) groups is 2. The van der Waals surface area contributed by atoms with Crippen molar-refractivity contribution in [1.29, 1.82) is 0 Å². The Hall–Kier alpha value is -3.65. The SMILES string of the molecule is Cc1ccc(CCC(=O)NCCOC(=O)c2cccc(S(=O)(=O)N(C)c3ccc(C)cc3)c2)cc1. The molecule has 0 fully saturated rings. The lowest BCUT2D eigenvalue weighted by Gasteiger charge is -2.20. The van der Waals surface area contributed by atoms with Crippen LogP contribution in [0.5, 0.6) is 0 Å². The van der Waals surface area contributed by atoms with Gasteiger partial charge in [-0.05, 0) is 56.2 Å². The van der Waals surface area contributed by atoms with Crippen molar-refractivity contribution in [2.45, 2.75) is 31.6 Å². The molecule has 184 valence electrons. The molecule has 0 aromatic heterocycles. The molecule has 3 rings (SSSR count). The monoisotopic (exact) mass is 494 g/mol. The van der Waals surface area contributed by atoms with Crippen LogP contribution in [0.1, 0.15) is 33.5 Å². The average Bonchev–Trinajstić information content (AvgIpc) is 2.86. The zero-order valence-electron chi connectivity index (χ0n) is 20.2. The van der Waals surface area contributed by atoms with Crippen LogP contribution in [-0.4, -0.2) is 40.5 Å². The summed E-state index contributed by atoms with van der Waals surface area (Å²) in [6, 6.07) is 20.8. The van der Waals surface area contributed by atoms with E-state index in [0.29, 0.717) is 18.5 Å². The largest absolute Gasteiger partial charge is 0.460 e. The van der Waals surface area contributed by atoms with Crippen molar-refractivity contribution in [2.75, 3.05) is 24.5 Å². The Labute approximate surface area is 206 Å². The standard InChI is InChI=1S/C27H30N2O5S/c1-20-7-11-22(12-8-20)13-16-26(30)28-17-18-34-27(31)23-5-4-6-25(19-23)35(32,33)29(3)24-14-9-21(2)10-15-24/h4-12,14-15,19H,13,16-18H2,1-3H3,(H,28,30). The molecule has 0 aliphatic heterocycles. The lowest BCUT2D eigenvalue weighted by Crippen LogP contribution is -2.28. The van der Waals surface area contributed by atoms with Crippen molar-refractivity contribution in [3.8, 4) is 0 Å². The molecule has 0 aliphatic carbocycles. The van der Waals surface area contributed by atoms with Gasteiger partial charge in [-0.15, -0.1) is 0 Å². The highest BCUT2D eigenvalue weighted by molar-refractivity contribution is 7.92. The number of esters is 1. The van der Waals surface area contributed by atoms with Gasteiger partial charge in [-0.2, -0.15) is 0 Å². The highest BCUT2D eigenvalue weighted by Crippen LogP contribution is 2.23. The maximum atomic E-state index is 13.0. The number of aryl methyl sites for hydroxylation is 3. The third kappa shape index (κ3) is 7.16. The quantitative estimate of drug-likeness (QED) is 0.339. The number of amides is 1. The van der Waals surface area contributed by atoms with Gasteiger partial charge in [0.2, 0.25) is 5.91 Å². The summed E-state index contributed by atoms with van der Waals surface area (Å²) >= 11 is 0. The van der Waals surface area contributed by atoms with Crippen molar-refractivity contribution in [3.63, 3.8) is 0 Å². The van der Waals surface area contributed by atoms with Gasteiger partial charge in [-0.25, -0.2) is 13.2 Å². The molecule has 0 bridgehead atoms. The molecule has 0 unspecified atom stereocenters. The number of ether oxygens (including phenoxy) is 1. The first kappa shape index (κ1) is 26.0. The molecular weight excluding hydrogens is 464 g/mol. The summed E-state index contributed by atoms with van der Waals surface area (Å²) in [5.74, 6) is -0.789. The van der Waals surface area contributed by atoms with Gasteiger partial charge >= 0.3 is 5.97 Å². The van der Waals surface area contributed by atoms with Gasteiger partial charge in [0.1, 0.15) is 6.61 Å². The second-order valence-corrected chi connectivity index (χ2v) is 10.3. The van der Waals surface area contributed by atoms with Crippen LogP contribution >= 0.6 is 0 Å². The smallest absolute Gasteiger partial charge is 0.338 e. The summed E-state index contributed by atoms with van der Waals surface area (Å²) in [5, 5.41) is 2.73. The van der Waals surface area contributed by atoms with Crippen LogP contribution < -0.4 is 9.62 Å². The van der Waals surface area contributed by atoms with Crippen LogP contribution in [0.2, 0.25) is 0 Å². The van der Waals surface area contributed by atoms with E-state index in [1.807, 2.05) is 50.2 Å². The fourth-order valence-electron chi connectivity index (χ4n) is 3.35. The topological polar surface area (TPSA) is 92.8 Å². The number of hydrogen-bond donors (Lipinski definition) is 1. The number of rotatable bonds is 10. The molecule has 1 N–H and O–H groups in total. The van der Waals surface area contributed by atoms with Gasteiger partial charge in [-0.1, -0.05) is 53.6 Å². The Balaban J connectivity index is 1.50. The summed E-state index contributed by atoms with van der Waals surface area (Å²) in [7, 11) is -2.40. The van der Waals surface area contributed by atoms with E-state index >= 15 is 0 Å². The van der Waals surface area contributed by atoms with Gasteiger partial charge in [0.05, 0.1) is 22.7 Å². The molecule has 1 amide bonds. The highest BCUT2D eigenvalue weighted by atomic mass is 32.2. The lowest BCUT2D eigenvalue weighted by molar-refractivity contribution is -0.121. The number of benzene rings is 3. The van der Waals surface area contributed by atoms with Crippen LogP contribution in [-0.2, 0) is 26.0 Å². The molecule has 7 nitrogen and oxygen atoms in total. The first-order valence-corrected chi connectivity index (χ1v) is 12.8. The molecule has 8 heteroatoms. The second kappa shape index (κ2) is 11.7. The van der Waals surface area contributed by atoms with E-state index in [2.05, 4.69) is 5.32 Å². The maximum Gasteiger partial charge on any atom is 0.338 e.